The molecule has 0 spiro atoms. The average Bonchev–Trinajstić information content (AvgIpc) is 2.99. The Morgan fingerprint density at radius 1 is 1.55 bits per heavy atom. The molecular formula is C16H21N3O. The monoisotopic (exact) mass is 271 g/mol. The standard InChI is InChI=1S/C16H21N3O/c1-2-9-19(12-15-7-4-8-18-15)16(20)14-6-3-5-13(10-14)11-17/h3,5-6,10,15,18H,2,4,7-9,12H2,1H3. The molecule has 1 aromatic rings. The minimum absolute atomic E-state index is 0.0256. The predicted octanol–water partition coefficient (Wildman–Crippen LogP) is 2.16. The maximum atomic E-state index is 12.6. The van der Waals surface area contributed by atoms with Gasteiger partial charge in [-0.2, -0.15) is 5.26 Å². The largest absolute Gasteiger partial charge is 0.337 e. The van der Waals surface area contributed by atoms with Crippen LogP contribution in [-0.4, -0.2) is 36.5 Å². The van der Waals surface area contributed by atoms with E-state index in [1.165, 1.54) is 6.42 Å². The SMILES string of the molecule is CCCN(CC1CCCN1)C(=O)c1cccc(C#N)c1. The van der Waals surface area contributed by atoms with Crippen molar-refractivity contribution >= 4 is 5.91 Å². The molecule has 4 heteroatoms. The first-order valence-corrected chi connectivity index (χ1v) is 7.27. The van der Waals surface area contributed by atoms with E-state index in [1.54, 1.807) is 24.3 Å². The molecule has 0 bridgehead atoms. The summed E-state index contributed by atoms with van der Waals surface area (Å²) in [5, 5.41) is 12.4. The zero-order chi connectivity index (χ0) is 14.4. The molecule has 4 nitrogen and oxygen atoms in total. The van der Waals surface area contributed by atoms with E-state index in [0.717, 1.165) is 32.5 Å². The van der Waals surface area contributed by atoms with Gasteiger partial charge >= 0.3 is 0 Å². The highest BCUT2D eigenvalue weighted by molar-refractivity contribution is 5.94. The molecule has 0 saturated carbocycles. The first-order valence-electron chi connectivity index (χ1n) is 7.27. The number of hydrogen-bond donors (Lipinski definition) is 1. The van der Waals surface area contributed by atoms with E-state index < -0.39 is 0 Å². The summed E-state index contributed by atoms with van der Waals surface area (Å²) in [6.45, 7) is 4.63. The number of carbonyl (C=O) groups is 1. The van der Waals surface area contributed by atoms with Crippen molar-refractivity contribution in [3.63, 3.8) is 0 Å². The molecule has 20 heavy (non-hydrogen) atoms. The van der Waals surface area contributed by atoms with Gasteiger partial charge in [-0.1, -0.05) is 13.0 Å². The highest BCUT2D eigenvalue weighted by atomic mass is 16.2. The van der Waals surface area contributed by atoms with Gasteiger partial charge in [-0.15, -0.1) is 0 Å². The van der Waals surface area contributed by atoms with Gasteiger partial charge in [0.15, 0.2) is 0 Å². The van der Waals surface area contributed by atoms with Crippen LogP contribution >= 0.6 is 0 Å². The summed E-state index contributed by atoms with van der Waals surface area (Å²) < 4.78 is 0. The Labute approximate surface area is 120 Å². The van der Waals surface area contributed by atoms with Crippen LogP contribution in [0.4, 0.5) is 0 Å². The van der Waals surface area contributed by atoms with E-state index in [1.807, 2.05) is 4.90 Å². The fraction of sp³-hybridized carbons (Fsp3) is 0.500. The molecule has 0 aliphatic carbocycles. The molecule has 1 N–H and O–H groups in total. The van der Waals surface area contributed by atoms with Crippen LogP contribution in [0.3, 0.4) is 0 Å². The number of hydrogen-bond acceptors (Lipinski definition) is 3. The average molecular weight is 271 g/mol. The molecule has 1 heterocycles. The molecule has 0 radical (unpaired) electrons. The zero-order valence-corrected chi connectivity index (χ0v) is 11.9. The summed E-state index contributed by atoms with van der Waals surface area (Å²) in [4.78, 5) is 14.5. The second-order valence-corrected chi connectivity index (χ2v) is 5.24. The fourth-order valence-corrected chi connectivity index (χ4v) is 2.63. The van der Waals surface area contributed by atoms with Crippen molar-refractivity contribution in [3.8, 4) is 6.07 Å². The maximum absolute atomic E-state index is 12.6. The lowest BCUT2D eigenvalue weighted by Gasteiger charge is -2.25. The smallest absolute Gasteiger partial charge is 0.253 e. The number of rotatable bonds is 5. The van der Waals surface area contributed by atoms with Gasteiger partial charge in [0.2, 0.25) is 0 Å². The van der Waals surface area contributed by atoms with Crippen LogP contribution < -0.4 is 5.32 Å². The molecule has 1 aliphatic rings. The molecular weight excluding hydrogens is 250 g/mol. The van der Waals surface area contributed by atoms with Crippen LogP contribution in [0.5, 0.6) is 0 Å². The molecule has 1 atom stereocenters. The predicted molar refractivity (Wildman–Crippen MR) is 78.4 cm³/mol. The van der Waals surface area contributed by atoms with Gasteiger partial charge in [-0.25, -0.2) is 0 Å². The molecule has 1 aliphatic heterocycles. The highest BCUT2D eigenvalue weighted by Gasteiger charge is 2.21. The Morgan fingerprint density at radius 2 is 2.40 bits per heavy atom. The Bertz CT molecular complexity index is 501. The van der Waals surface area contributed by atoms with Crippen molar-refractivity contribution in [2.75, 3.05) is 19.6 Å². The van der Waals surface area contributed by atoms with Crippen LogP contribution in [0.15, 0.2) is 24.3 Å². The summed E-state index contributed by atoms with van der Waals surface area (Å²) in [5.74, 6) is 0.0256. The fourth-order valence-electron chi connectivity index (χ4n) is 2.63. The second kappa shape index (κ2) is 7.06. The van der Waals surface area contributed by atoms with Crippen LogP contribution in [0.1, 0.15) is 42.1 Å². The lowest BCUT2D eigenvalue weighted by molar-refractivity contribution is 0.0742. The number of benzene rings is 1. The molecule has 0 aromatic heterocycles. The van der Waals surface area contributed by atoms with Gasteiger partial charge in [0.25, 0.3) is 5.91 Å². The van der Waals surface area contributed by atoms with E-state index in [9.17, 15) is 4.79 Å². The summed E-state index contributed by atoms with van der Waals surface area (Å²) in [7, 11) is 0. The second-order valence-electron chi connectivity index (χ2n) is 5.24. The van der Waals surface area contributed by atoms with Crippen molar-refractivity contribution in [2.24, 2.45) is 0 Å². The molecule has 2 rings (SSSR count). The Morgan fingerprint density at radius 3 is 3.05 bits per heavy atom. The molecule has 106 valence electrons. The van der Waals surface area contributed by atoms with Gasteiger partial charge in [0.1, 0.15) is 0 Å². The van der Waals surface area contributed by atoms with Gasteiger partial charge in [-0.05, 0) is 44.0 Å². The summed E-state index contributed by atoms with van der Waals surface area (Å²) in [6, 6.07) is 9.44. The quantitative estimate of drug-likeness (QED) is 0.893. The summed E-state index contributed by atoms with van der Waals surface area (Å²) >= 11 is 0. The first kappa shape index (κ1) is 14.5. The lowest BCUT2D eigenvalue weighted by Crippen LogP contribution is -2.41. The zero-order valence-electron chi connectivity index (χ0n) is 11.9. The third kappa shape index (κ3) is 3.58. The van der Waals surface area contributed by atoms with Crippen LogP contribution in [0.2, 0.25) is 0 Å². The minimum Gasteiger partial charge on any atom is -0.337 e. The van der Waals surface area contributed by atoms with E-state index in [0.29, 0.717) is 17.2 Å². The van der Waals surface area contributed by atoms with Gasteiger partial charge < -0.3 is 10.2 Å². The lowest BCUT2D eigenvalue weighted by atomic mass is 10.1. The number of nitrogens with one attached hydrogen (secondary N) is 1. The molecule has 1 amide bonds. The number of amides is 1. The van der Waals surface area contributed by atoms with Crippen LogP contribution in [-0.2, 0) is 0 Å². The summed E-state index contributed by atoms with van der Waals surface area (Å²) in [5.41, 5.74) is 1.14. The Balaban J connectivity index is 2.10. The van der Waals surface area contributed by atoms with E-state index in [4.69, 9.17) is 5.26 Å². The number of nitrogens with zero attached hydrogens (tertiary/aromatic N) is 2. The van der Waals surface area contributed by atoms with E-state index in [2.05, 4.69) is 18.3 Å². The summed E-state index contributed by atoms with van der Waals surface area (Å²) in [6.07, 6.45) is 3.25. The topological polar surface area (TPSA) is 56.1 Å². The maximum Gasteiger partial charge on any atom is 0.253 e. The highest BCUT2D eigenvalue weighted by Crippen LogP contribution is 2.12. The van der Waals surface area contributed by atoms with Crippen molar-refractivity contribution in [1.82, 2.24) is 10.2 Å². The first-order chi connectivity index (χ1) is 9.74. The molecule has 1 aromatic carbocycles. The third-order valence-electron chi connectivity index (χ3n) is 3.62. The van der Waals surface area contributed by atoms with Crippen LogP contribution in [0.25, 0.3) is 0 Å². The van der Waals surface area contributed by atoms with Gasteiger partial charge in [0, 0.05) is 24.7 Å². The van der Waals surface area contributed by atoms with Crippen molar-refractivity contribution in [2.45, 2.75) is 32.2 Å². The molecule has 1 fully saturated rings. The number of nitriles is 1. The van der Waals surface area contributed by atoms with Crippen molar-refractivity contribution < 1.29 is 4.79 Å². The molecule has 1 saturated heterocycles. The Hall–Kier alpha value is -1.86. The van der Waals surface area contributed by atoms with E-state index >= 15 is 0 Å². The molecule has 1 unspecified atom stereocenters. The van der Waals surface area contributed by atoms with E-state index in [-0.39, 0.29) is 5.91 Å². The normalized spacial score (nSPS) is 17.7. The number of carbonyl (C=O) groups excluding carboxylic acids is 1. The van der Waals surface area contributed by atoms with Gasteiger partial charge in [-0.3, -0.25) is 4.79 Å². The Kier molecular flexibility index (Phi) is 5.14. The minimum atomic E-state index is 0.0256. The van der Waals surface area contributed by atoms with Gasteiger partial charge in [0.05, 0.1) is 11.6 Å². The van der Waals surface area contributed by atoms with Crippen molar-refractivity contribution in [3.05, 3.63) is 35.4 Å². The third-order valence-corrected chi connectivity index (χ3v) is 3.62. The van der Waals surface area contributed by atoms with Crippen LogP contribution in [0, 0.1) is 11.3 Å². The van der Waals surface area contributed by atoms with Crippen molar-refractivity contribution in [1.29, 1.82) is 5.26 Å².